The summed E-state index contributed by atoms with van der Waals surface area (Å²) in [7, 11) is 0. The zero-order valence-electron chi connectivity index (χ0n) is 14.2. The van der Waals surface area contributed by atoms with E-state index in [-0.39, 0.29) is 5.54 Å². The molecule has 3 heterocycles. The molecule has 0 radical (unpaired) electrons. The Bertz CT molecular complexity index is 695. The van der Waals surface area contributed by atoms with E-state index in [2.05, 4.69) is 32.1 Å². The Morgan fingerprint density at radius 3 is 2.67 bits per heavy atom. The van der Waals surface area contributed by atoms with Crippen LogP contribution in [0.3, 0.4) is 0 Å². The monoisotopic (exact) mass is 327 g/mol. The second-order valence-electron chi connectivity index (χ2n) is 6.87. The van der Waals surface area contributed by atoms with E-state index in [1.165, 1.54) is 25.7 Å². The normalized spacial score (nSPS) is 22.5. The number of pyridine rings is 1. The van der Waals surface area contributed by atoms with Crippen LogP contribution in [-0.2, 0) is 4.74 Å². The predicted molar refractivity (Wildman–Crippen MR) is 94.0 cm³/mol. The Labute approximate surface area is 142 Å². The first-order valence-corrected chi connectivity index (χ1v) is 8.95. The molecule has 1 atom stereocenters. The molecule has 0 aromatic carbocycles. The smallest absolute Gasteiger partial charge is 0.180 e. The molecule has 6 nitrogen and oxygen atoms in total. The van der Waals surface area contributed by atoms with Gasteiger partial charge in [0, 0.05) is 37.1 Å². The highest BCUT2D eigenvalue weighted by molar-refractivity contribution is 5.71. The van der Waals surface area contributed by atoms with E-state index >= 15 is 0 Å². The highest BCUT2D eigenvalue weighted by atomic mass is 16.5. The van der Waals surface area contributed by atoms with Gasteiger partial charge in [-0.25, -0.2) is 9.97 Å². The zero-order chi connectivity index (χ0) is 16.4. The van der Waals surface area contributed by atoms with Crippen LogP contribution in [0.25, 0.3) is 11.2 Å². The third kappa shape index (κ3) is 2.84. The Hall–Kier alpha value is -1.79. The molecule has 0 spiro atoms. The first kappa shape index (κ1) is 15.7. The number of rotatable bonds is 4. The number of ether oxygens (including phenoxy) is 1. The van der Waals surface area contributed by atoms with Crippen LogP contribution in [0, 0.1) is 0 Å². The summed E-state index contributed by atoms with van der Waals surface area (Å²) in [5.74, 6) is 0.884. The molecule has 1 aliphatic carbocycles. The van der Waals surface area contributed by atoms with Crippen LogP contribution < -0.4 is 5.32 Å². The fraction of sp³-hybridized carbons (Fsp3) is 0.611. The van der Waals surface area contributed by atoms with Crippen LogP contribution in [0.15, 0.2) is 24.5 Å². The van der Waals surface area contributed by atoms with Crippen LogP contribution in [0.4, 0.5) is 5.82 Å². The number of hydrogen-bond donors (Lipinski definition) is 1. The predicted octanol–water partition coefficient (Wildman–Crippen LogP) is 2.47. The summed E-state index contributed by atoms with van der Waals surface area (Å²) in [6.45, 7) is 6.05. The average molecular weight is 327 g/mol. The van der Waals surface area contributed by atoms with Crippen LogP contribution in [0.5, 0.6) is 0 Å². The van der Waals surface area contributed by atoms with Gasteiger partial charge in [0.2, 0.25) is 0 Å². The highest BCUT2D eigenvalue weighted by Gasteiger charge is 2.44. The summed E-state index contributed by atoms with van der Waals surface area (Å²) >= 11 is 0. The topological polar surface area (TPSA) is 63.2 Å². The van der Waals surface area contributed by atoms with Gasteiger partial charge in [0.25, 0.3) is 0 Å². The van der Waals surface area contributed by atoms with Crippen molar-refractivity contribution in [3.05, 3.63) is 24.5 Å². The molecular weight excluding hydrogens is 302 g/mol. The number of aromatic nitrogens is 3. The number of anilines is 1. The Balaban J connectivity index is 1.56. The van der Waals surface area contributed by atoms with Crippen molar-refractivity contribution in [2.45, 2.75) is 44.2 Å². The van der Waals surface area contributed by atoms with Crippen molar-refractivity contribution >= 4 is 17.0 Å². The quantitative estimate of drug-likeness (QED) is 0.931. The lowest BCUT2D eigenvalue weighted by atomic mass is 9.86. The van der Waals surface area contributed by atoms with Gasteiger partial charge in [-0.05, 0) is 31.9 Å². The SMILES string of the molecule is CC(Nc1ccc2nccnc2n1)C1(N2CCOCC2)CCCC1. The molecule has 1 saturated carbocycles. The third-order valence-corrected chi connectivity index (χ3v) is 5.61. The summed E-state index contributed by atoms with van der Waals surface area (Å²) in [6, 6.07) is 4.33. The van der Waals surface area contributed by atoms with Gasteiger partial charge >= 0.3 is 0 Å². The fourth-order valence-electron chi connectivity index (χ4n) is 4.31. The van der Waals surface area contributed by atoms with E-state index in [0.29, 0.717) is 11.7 Å². The maximum absolute atomic E-state index is 5.56. The van der Waals surface area contributed by atoms with Crippen LogP contribution in [0.1, 0.15) is 32.6 Å². The molecule has 24 heavy (non-hydrogen) atoms. The molecule has 1 unspecified atom stereocenters. The van der Waals surface area contributed by atoms with Gasteiger partial charge in [-0.1, -0.05) is 12.8 Å². The van der Waals surface area contributed by atoms with Crippen molar-refractivity contribution < 1.29 is 4.74 Å². The molecular formula is C18H25N5O. The molecule has 0 amide bonds. The molecule has 1 saturated heterocycles. The zero-order valence-corrected chi connectivity index (χ0v) is 14.2. The fourth-order valence-corrected chi connectivity index (χ4v) is 4.31. The number of nitrogens with zero attached hydrogens (tertiary/aromatic N) is 4. The van der Waals surface area contributed by atoms with Crippen LogP contribution in [0.2, 0.25) is 0 Å². The van der Waals surface area contributed by atoms with E-state index in [1.54, 1.807) is 12.4 Å². The van der Waals surface area contributed by atoms with Crippen LogP contribution >= 0.6 is 0 Å². The minimum Gasteiger partial charge on any atom is -0.379 e. The molecule has 128 valence electrons. The number of fused-ring (bicyclic) bond motifs is 1. The molecule has 4 rings (SSSR count). The Morgan fingerprint density at radius 1 is 1.12 bits per heavy atom. The van der Waals surface area contributed by atoms with E-state index in [4.69, 9.17) is 4.74 Å². The summed E-state index contributed by atoms with van der Waals surface area (Å²) < 4.78 is 5.56. The summed E-state index contributed by atoms with van der Waals surface area (Å²) in [6.07, 6.45) is 8.49. The maximum Gasteiger partial charge on any atom is 0.180 e. The van der Waals surface area contributed by atoms with Crippen molar-refractivity contribution in [1.82, 2.24) is 19.9 Å². The van der Waals surface area contributed by atoms with Gasteiger partial charge in [0.15, 0.2) is 5.65 Å². The van der Waals surface area contributed by atoms with Gasteiger partial charge < -0.3 is 10.1 Å². The lowest BCUT2D eigenvalue weighted by Crippen LogP contribution is -2.59. The molecule has 2 aromatic heterocycles. The van der Waals surface area contributed by atoms with Gasteiger partial charge in [-0.3, -0.25) is 9.88 Å². The largest absolute Gasteiger partial charge is 0.379 e. The Kier molecular flexibility index (Phi) is 4.33. The second kappa shape index (κ2) is 6.61. The molecule has 1 aliphatic heterocycles. The highest BCUT2D eigenvalue weighted by Crippen LogP contribution is 2.39. The van der Waals surface area contributed by atoms with Crippen molar-refractivity contribution in [2.24, 2.45) is 0 Å². The van der Waals surface area contributed by atoms with Crippen molar-refractivity contribution in [2.75, 3.05) is 31.6 Å². The van der Waals surface area contributed by atoms with Gasteiger partial charge in [0.1, 0.15) is 11.3 Å². The standard InChI is InChI=1S/C18H25N5O/c1-14(18(6-2-3-7-18)23-10-12-24-13-11-23)21-16-5-4-15-17(22-16)20-9-8-19-15/h4-5,8-9,14H,2-3,6-7,10-13H2,1H3,(H,20,21,22). The van der Waals surface area contributed by atoms with Crippen molar-refractivity contribution in [1.29, 1.82) is 0 Å². The minimum absolute atomic E-state index is 0.211. The van der Waals surface area contributed by atoms with Crippen molar-refractivity contribution in [3.63, 3.8) is 0 Å². The molecule has 2 aliphatic rings. The Morgan fingerprint density at radius 2 is 1.88 bits per heavy atom. The molecule has 2 fully saturated rings. The number of morpholine rings is 1. The molecule has 1 N–H and O–H groups in total. The van der Waals surface area contributed by atoms with Crippen LogP contribution in [-0.4, -0.2) is 57.7 Å². The lowest BCUT2D eigenvalue weighted by molar-refractivity contribution is -0.0261. The van der Waals surface area contributed by atoms with Gasteiger partial charge in [-0.15, -0.1) is 0 Å². The van der Waals surface area contributed by atoms with E-state index < -0.39 is 0 Å². The molecule has 2 aromatic rings. The first-order chi connectivity index (χ1) is 11.8. The first-order valence-electron chi connectivity index (χ1n) is 8.95. The van der Waals surface area contributed by atoms with E-state index in [9.17, 15) is 0 Å². The van der Waals surface area contributed by atoms with E-state index in [1.807, 2.05) is 12.1 Å². The number of hydrogen-bond acceptors (Lipinski definition) is 6. The second-order valence-corrected chi connectivity index (χ2v) is 6.87. The van der Waals surface area contributed by atoms with E-state index in [0.717, 1.165) is 37.6 Å². The van der Waals surface area contributed by atoms with Gasteiger partial charge in [-0.2, -0.15) is 0 Å². The lowest BCUT2D eigenvalue weighted by Gasteiger charge is -2.47. The molecule has 0 bridgehead atoms. The number of nitrogens with one attached hydrogen (secondary N) is 1. The minimum atomic E-state index is 0.211. The van der Waals surface area contributed by atoms with Crippen molar-refractivity contribution in [3.8, 4) is 0 Å². The van der Waals surface area contributed by atoms with Gasteiger partial charge in [0.05, 0.1) is 13.2 Å². The molecule has 6 heteroatoms. The maximum atomic E-state index is 5.56. The summed E-state index contributed by atoms with van der Waals surface area (Å²) in [5.41, 5.74) is 1.74. The summed E-state index contributed by atoms with van der Waals surface area (Å²) in [4.78, 5) is 15.9. The summed E-state index contributed by atoms with van der Waals surface area (Å²) in [5, 5.41) is 3.65. The average Bonchev–Trinajstić information content (AvgIpc) is 3.13. The third-order valence-electron chi connectivity index (χ3n) is 5.61.